The molecule has 0 spiro atoms. The van der Waals surface area contributed by atoms with Crippen LogP contribution in [0.3, 0.4) is 0 Å². The first-order chi connectivity index (χ1) is 4.70. The molecule has 0 aromatic carbocycles. The Balaban J connectivity index is 3.73. The molecule has 0 unspecified atom stereocenters. The summed E-state index contributed by atoms with van der Waals surface area (Å²) in [5.74, 6) is 0. The Labute approximate surface area is 66.8 Å². The number of allylic oxidation sites excluding steroid dienone is 1. The van der Waals surface area contributed by atoms with Crippen LogP contribution in [0.1, 0.15) is 13.8 Å². The molecule has 0 aromatic heterocycles. The quantitative estimate of drug-likeness (QED) is 0.490. The lowest BCUT2D eigenvalue weighted by atomic mass is 10.8. The second-order valence-corrected chi connectivity index (χ2v) is 3.15. The summed E-state index contributed by atoms with van der Waals surface area (Å²) < 4.78 is 0. The lowest BCUT2D eigenvalue weighted by Crippen LogP contribution is -2.19. The van der Waals surface area contributed by atoms with Crippen molar-refractivity contribution >= 4 is 16.9 Å². The van der Waals surface area contributed by atoms with Crippen molar-refractivity contribution in [2.24, 2.45) is 4.99 Å². The van der Waals surface area contributed by atoms with E-state index < -0.39 is 0 Å². The summed E-state index contributed by atoms with van der Waals surface area (Å²) in [4.78, 5) is 5.08. The third kappa shape index (κ3) is 4.44. The monoisotopic (exact) mass is 158 g/mol. The van der Waals surface area contributed by atoms with Crippen molar-refractivity contribution in [1.82, 2.24) is 5.32 Å². The first-order valence-electron chi connectivity index (χ1n) is 3.24. The molecule has 1 N–H and O–H groups in total. The highest BCUT2D eigenvalue weighted by Crippen LogP contribution is 2.11. The molecule has 0 rings (SSSR count). The lowest BCUT2D eigenvalue weighted by molar-refractivity contribution is 0.978. The van der Waals surface area contributed by atoms with E-state index in [1.165, 1.54) is 0 Å². The van der Waals surface area contributed by atoms with Crippen LogP contribution >= 0.6 is 11.8 Å². The highest BCUT2D eigenvalue weighted by molar-refractivity contribution is 8.17. The summed E-state index contributed by atoms with van der Waals surface area (Å²) in [5, 5.41) is 4.06. The third-order valence-electron chi connectivity index (χ3n) is 0.802. The fraction of sp³-hybridized carbons (Fsp3) is 0.571. The van der Waals surface area contributed by atoms with E-state index >= 15 is 0 Å². The van der Waals surface area contributed by atoms with Gasteiger partial charge in [0.25, 0.3) is 0 Å². The number of nitrogens with one attached hydrogen (secondary N) is 1. The smallest absolute Gasteiger partial charge is 0.160 e. The van der Waals surface area contributed by atoms with Crippen LogP contribution in [0.5, 0.6) is 0 Å². The Morgan fingerprint density at radius 1 is 1.70 bits per heavy atom. The van der Waals surface area contributed by atoms with Gasteiger partial charge in [-0.3, -0.25) is 4.99 Å². The van der Waals surface area contributed by atoms with Crippen molar-refractivity contribution in [3.05, 3.63) is 11.5 Å². The van der Waals surface area contributed by atoms with Gasteiger partial charge in [0.05, 0.1) is 0 Å². The van der Waals surface area contributed by atoms with Crippen LogP contribution in [-0.2, 0) is 0 Å². The van der Waals surface area contributed by atoms with Crippen molar-refractivity contribution in [2.75, 3.05) is 13.6 Å². The number of amidine groups is 1. The van der Waals surface area contributed by atoms with Crippen LogP contribution in [0.15, 0.2) is 16.5 Å². The highest BCUT2D eigenvalue weighted by atomic mass is 32.2. The molecule has 0 saturated heterocycles. The summed E-state index contributed by atoms with van der Waals surface area (Å²) in [6.45, 7) is 8.69. The molecule has 0 heterocycles. The summed E-state index contributed by atoms with van der Waals surface area (Å²) in [6, 6.07) is 0. The van der Waals surface area contributed by atoms with E-state index in [1.54, 1.807) is 18.8 Å². The molecule has 10 heavy (non-hydrogen) atoms. The van der Waals surface area contributed by atoms with E-state index in [0.29, 0.717) is 0 Å². The summed E-state index contributed by atoms with van der Waals surface area (Å²) in [6.07, 6.45) is 0. The van der Waals surface area contributed by atoms with Gasteiger partial charge in [0.15, 0.2) is 5.17 Å². The van der Waals surface area contributed by atoms with Gasteiger partial charge in [0.1, 0.15) is 0 Å². The number of aliphatic imine (C=N–C) groups is 1. The lowest BCUT2D eigenvalue weighted by Gasteiger charge is -2.04. The SMILES string of the molecule is C=C(C)SC(=NC)NCC. The molecule has 0 amide bonds. The summed E-state index contributed by atoms with van der Waals surface area (Å²) >= 11 is 1.57. The normalized spacial score (nSPS) is 11.3. The van der Waals surface area contributed by atoms with E-state index in [2.05, 4.69) is 16.9 Å². The van der Waals surface area contributed by atoms with E-state index in [4.69, 9.17) is 0 Å². The van der Waals surface area contributed by atoms with Crippen molar-refractivity contribution in [3.8, 4) is 0 Å². The van der Waals surface area contributed by atoms with Gasteiger partial charge in [-0.25, -0.2) is 0 Å². The molecule has 3 heteroatoms. The summed E-state index contributed by atoms with van der Waals surface area (Å²) in [7, 11) is 1.77. The molecular formula is C7H14N2S. The number of nitrogens with zero attached hydrogens (tertiary/aromatic N) is 1. The maximum Gasteiger partial charge on any atom is 0.160 e. The molecule has 2 nitrogen and oxygen atoms in total. The van der Waals surface area contributed by atoms with E-state index in [-0.39, 0.29) is 0 Å². The minimum atomic E-state index is 0.910. The second kappa shape index (κ2) is 5.35. The standard InChI is InChI=1S/C7H14N2S/c1-5-9-7(8-4)10-6(2)3/h2,5H2,1,3-4H3,(H,8,9). The maximum absolute atomic E-state index is 4.03. The second-order valence-electron chi connectivity index (χ2n) is 1.86. The molecule has 58 valence electrons. The van der Waals surface area contributed by atoms with Crippen molar-refractivity contribution in [2.45, 2.75) is 13.8 Å². The van der Waals surface area contributed by atoms with Crippen LogP contribution in [-0.4, -0.2) is 18.8 Å². The minimum Gasteiger partial charge on any atom is -0.365 e. The Kier molecular flexibility index (Phi) is 5.12. The molecule has 0 aliphatic heterocycles. The number of thioether (sulfide) groups is 1. The average Bonchev–Trinajstić information content (AvgIpc) is 1.86. The van der Waals surface area contributed by atoms with Crippen LogP contribution < -0.4 is 5.32 Å². The number of hydrogen-bond acceptors (Lipinski definition) is 2. The van der Waals surface area contributed by atoms with Gasteiger partial charge in [-0.05, 0) is 18.8 Å². The largest absolute Gasteiger partial charge is 0.365 e. The molecule has 0 aliphatic rings. The number of hydrogen-bond donors (Lipinski definition) is 1. The molecule has 0 aromatic rings. The van der Waals surface area contributed by atoms with Crippen LogP contribution in [0.2, 0.25) is 0 Å². The average molecular weight is 158 g/mol. The first kappa shape index (κ1) is 9.56. The third-order valence-corrected chi connectivity index (χ3v) is 1.67. The van der Waals surface area contributed by atoms with E-state index in [9.17, 15) is 0 Å². The highest BCUT2D eigenvalue weighted by Gasteiger charge is 1.94. The predicted molar refractivity (Wildman–Crippen MR) is 49.4 cm³/mol. The zero-order chi connectivity index (χ0) is 7.98. The van der Waals surface area contributed by atoms with Crippen LogP contribution in [0.25, 0.3) is 0 Å². The zero-order valence-electron chi connectivity index (χ0n) is 6.77. The maximum atomic E-state index is 4.03. The van der Waals surface area contributed by atoms with Gasteiger partial charge >= 0.3 is 0 Å². The number of rotatable bonds is 2. The Hall–Kier alpha value is -0.440. The van der Waals surface area contributed by atoms with Gasteiger partial charge in [-0.1, -0.05) is 18.3 Å². The van der Waals surface area contributed by atoms with Crippen LogP contribution in [0.4, 0.5) is 0 Å². The molecule has 0 bridgehead atoms. The summed E-state index contributed by atoms with van der Waals surface area (Å²) in [5.41, 5.74) is 0. The molecule has 0 radical (unpaired) electrons. The first-order valence-corrected chi connectivity index (χ1v) is 4.06. The van der Waals surface area contributed by atoms with Gasteiger partial charge in [-0.15, -0.1) is 0 Å². The molecule has 0 saturated carbocycles. The van der Waals surface area contributed by atoms with E-state index in [1.807, 2.05) is 13.8 Å². The fourth-order valence-electron chi connectivity index (χ4n) is 0.477. The molecule has 0 fully saturated rings. The van der Waals surface area contributed by atoms with Crippen LogP contribution in [0, 0.1) is 0 Å². The van der Waals surface area contributed by atoms with Gasteiger partial charge in [0.2, 0.25) is 0 Å². The van der Waals surface area contributed by atoms with Crippen molar-refractivity contribution in [1.29, 1.82) is 0 Å². The molecular weight excluding hydrogens is 144 g/mol. The van der Waals surface area contributed by atoms with Crippen molar-refractivity contribution < 1.29 is 0 Å². The minimum absolute atomic E-state index is 0.910. The van der Waals surface area contributed by atoms with E-state index in [0.717, 1.165) is 16.6 Å². The Bertz CT molecular complexity index is 141. The molecule has 0 aliphatic carbocycles. The Morgan fingerprint density at radius 2 is 2.30 bits per heavy atom. The Morgan fingerprint density at radius 3 is 2.60 bits per heavy atom. The molecule has 0 atom stereocenters. The fourth-order valence-corrected chi connectivity index (χ4v) is 1.11. The van der Waals surface area contributed by atoms with Gasteiger partial charge in [0, 0.05) is 13.6 Å². The predicted octanol–water partition coefficient (Wildman–Crippen LogP) is 1.85. The van der Waals surface area contributed by atoms with Gasteiger partial charge in [-0.2, -0.15) is 0 Å². The van der Waals surface area contributed by atoms with Gasteiger partial charge < -0.3 is 5.32 Å². The topological polar surface area (TPSA) is 24.4 Å². The zero-order valence-corrected chi connectivity index (χ0v) is 7.59. The van der Waals surface area contributed by atoms with Crippen molar-refractivity contribution in [3.63, 3.8) is 0 Å².